The maximum Gasteiger partial charge on any atom is 0.153 e. The third-order valence-corrected chi connectivity index (χ3v) is 6.31. The maximum atomic E-state index is 7.75. The molecule has 0 aliphatic rings. The van der Waals surface area contributed by atoms with Crippen LogP contribution < -0.4 is 11.5 Å². The Morgan fingerprint density at radius 1 is 1.17 bits per heavy atom. The molecule has 158 valence electrons. The monoisotopic (exact) mass is 434 g/mol. The molecule has 6 nitrogen and oxygen atoms in total. The number of nitrogens with zero attached hydrogens (tertiary/aromatic N) is 2. The van der Waals surface area contributed by atoms with Crippen LogP contribution >= 0.6 is 11.6 Å². The molecule has 0 unspecified atom stereocenters. The quantitative estimate of drug-likeness (QED) is 0.382. The summed E-state index contributed by atoms with van der Waals surface area (Å²) in [7, 11) is -1.10. The first-order chi connectivity index (χ1) is 13.8. The van der Waals surface area contributed by atoms with Crippen molar-refractivity contribution >= 4 is 36.4 Å². The van der Waals surface area contributed by atoms with Crippen LogP contribution in [0.1, 0.15) is 0 Å². The molecular weight excluding hydrogens is 404 g/mol. The number of aliphatic hydroxyl groups is 1. The molecule has 5 N–H and O–H groups in total. The molecule has 0 atom stereocenters. The molecule has 0 fully saturated rings. The molecule has 0 saturated carbocycles. The highest BCUT2D eigenvalue weighted by Crippen LogP contribution is 2.34. The second-order valence-electron chi connectivity index (χ2n) is 7.96. The minimum Gasteiger partial charge on any atom is -0.395 e. The normalized spacial score (nSPS) is 11.4. The van der Waals surface area contributed by atoms with Gasteiger partial charge in [0, 0.05) is 32.2 Å². The van der Waals surface area contributed by atoms with Crippen LogP contribution in [0.2, 0.25) is 30.7 Å². The summed E-state index contributed by atoms with van der Waals surface area (Å²) in [6, 6.07) is 15.1. The number of nitrogens with two attached hydrogens (primary N) is 2. The average molecular weight is 435 g/mol. The van der Waals surface area contributed by atoms with Gasteiger partial charge in [0.25, 0.3) is 0 Å². The predicted octanol–water partition coefficient (Wildman–Crippen LogP) is 4.19. The summed E-state index contributed by atoms with van der Waals surface area (Å²) in [5.74, 6) is 0.498. The standard InChI is InChI=1S/C19H24ClN3OSi.C2H7NO/c1-25(2,3)10-9-24-13-23-18-12-17(20)15(11-16(18)19(21)22-23)14-7-5-4-6-8-14;3-1-2-4/h4-8,11-12H,9-10,13H2,1-3H3,(H2,21,22);4H,1-3H2. The molecule has 0 bridgehead atoms. The van der Waals surface area contributed by atoms with Gasteiger partial charge in [-0.1, -0.05) is 61.6 Å². The van der Waals surface area contributed by atoms with E-state index >= 15 is 0 Å². The Kier molecular flexibility index (Phi) is 8.67. The molecule has 0 aliphatic carbocycles. The topological polar surface area (TPSA) is 99.3 Å². The zero-order valence-electron chi connectivity index (χ0n) is 17.4. The van der Waals surface area contributed by atoms with Gasteiger partial charge in [-0.2, -0.15) is 5.10 Å². The lowest BCUT2D eigenvalue weighted by molar-refractivity contribution is 0.0819. The van der Waals surface area contributed by atoms with Gasteiger partial charge in [-0.15, -0.1) is 0 Å². The van der Waals surface area contributed by atoms with E-state index in [0.717, 1.165) is 34.7 Å². The molecule has 1 aromatic heterocycles. The van der Waals surface area contributed by atoms with Gasteiger partial charge in [0.2, 0.25) is 0 Å². The van der Waals surface area contributed by atoms with E-state index in [4.69, 9.17) is 32.9 Å². The van der Waals surface area contributed by atoms with Crippen molar-refractivity contribution in [2.24, 2.45) is 5.73 Å². The van der Waals surface area contributed by atoms with E-state index in [2.05, 4.69) is 24.7 Å². The average Bonchev–Trinajstić information content (AvgIpc) is 2.99. The molecule has 0 aliphatic heterocycles. The van der Waals surface area contributed by atoms with Crippen LogP contribution in [0.4, 0.5) is 5.82 Å². The molecule has 0 spiro atoms. The van der Waals surface area contributed by atoms with E-state index in [1.807, 2.05) is 42.5 Å². The summed E-state index contributed by atoms with van der Waals surface area (Å²) in [4.78, 5) is 0. The number of nitrogen functional groups attached to an aromatic ring is 1. The van der Waals surface area contributed by atoms with Gasteiger partial charge in [0.15, 0.2) is 5.82 Å². The third kappa shape index (κ3) is 6.83. The van der Waals surface area contributed by atoms with Gasteiger partial charge in [0.1, 0.15) is 6.73 Å². The number of benzene rings is 2. The van der Waals surface area contributed by atoms with Crippen molar-refractivity contribution in [3.63, 3.8) is 0 Å². The zero-order valence-corrected chi connectivity index (χ0v) is 19.1. The third-order valence-electron chi connectivity index (χ3n) is 4.29. The van der Waals surface area contributed by atoms with E-state index in [0.29, 0.717) is 24.1 Å². The Balaban J connectivity index is 0.000000687. The number of fused-ring (bicyclic) bond motifs is 1. The molecule has 0 radical (unpaired) electrons. The first-order valence-corrected chi connectivity index (χ1v) is 13.7. The Bertz CT molecular complexity index is 908. The highest BCUT2D eigenvalue weighted by molar-refractivity contribution is 6.76. The predicted molar refractivity (Wildman–Crippen MR) is 125 cm³/mol. The van der Waals surface area contributed by atoms with Crippen molar-refractivity contribution < 1.29 is 9.84 Å². The van der Waals surface area contributed by atoms with Gasteiger partial charge in [-0.3, -0.25) is 0 Å². The van der Waals surface area contributed by atoms with Gasteiger partial charge >= 0.3 is 0 Å². The second kappa shape index (κ2) is 10.8. The Morgan fingerprint density at radius 3 is 2.41 bits per heavy atom. The SMILES string of the molecule is C[Si](C)(C)CCOCn1nc(N)c2cc(-c3ccccc3)c(Cl)cc21.NCCO. The smallest absolute Gasteiger partial charge is 0.153 e. The van der Waals surface area contributed by atoms with Gasteiger partial charge in [-0.25, -0.2) is 4.68 Å². The van der Waals surface area contributed by atoms with Crippen LogP contribution in [-0.4, -0.2) is 42.7 Å². The number of aliphatic hydroxyl groups excluding tert-OH is 1. The summed E-state index contributed by atoms with van der Waals surface area (Å²) in [6.45, 7) is 8.61. The fourth-order valence-electron chi connectivity index (χ4n) is 2.69. The van der Waals surface area contributed by atoms with E-state index in [1.165, 1.54) is 0 Å². The van der Waals surface area contributed by atoms with Crippen molar-refractivity contribution in [2.75, 3.05) is 25.5 Å². The highest BCUT2D eigenvalue weighted by Gasteiger charge is 2.15. The van der Waals surface area contributed by atoms with Crippen LogP contribution in [0.5, 0.6) is 0 Å². The fourth-order valence-corrected chi connectivity index (χ4v) is 3.71. The number of hydrogen-bond acceptors (Lipinski definition) is 5. The highest BCUT2D eigenvalue weighted by atomic mass is 35.5. The lowest BCUT2D eigenvalue weighted by atomic mass is 10.0. The second-order valence-corrected chi connectivity index (χ2v) is 14.0. The molecule has 2 aromatic carbocycles. The van der Waals surface area contributed by atoms with Crippen LogP contribution in [0.3, 0.4) is 0 Å². The molecule has 29 heavy (non-hydrogen) atoms. The Morgan fingerprint density at radius 2 is 1.83 bits per heavy atom. The van der Waals surface area contributed by atoms with Gasteiger partial charge < -0.3 is 21.3 Å². The van der Waals surface area contributed by atoms with Crippen molar-refractivity contribution in [1.29, 1.82) is 0 Å². The Hall–Kier alpha value is -1.90. The number of rotatable bonds is 7. The van der Waals surface area contributed by atoms with Gasteiger partial charge in [0.05, 0.1) is 17.1 Å². The minimum absolute atomic E-state index is 0.0972. The number of anilines is 1. The summed E-state index contributed by atoms with van der Waals surface area (Å²) >= 11 is 6.52. The van der Waals surface area contributed by atoms with E-state index in [1.54, 1.807) is 4.68 Å². The minimum atomic E-state index is -1.10. The first-order valence-electron chi connectivity index (χ1n) is 9.66. The van der Waals surface area contributed by atoms with Crippen molar-refractivity contribution in [3.05, 3.63) is 47.5 Å². The van der Waals surface area contributed by atoms with Crippen molar-refractivity contribution in [3.8, 4) is 11.1 Å². The molecule has 3 aromatic rings. The van der Waals surface area contributed by atoms with Crippen LogP contribution in [0.15, 0.2) is 42.5 Å². The van der Waals surface area contributed by atoms with E-state index < -0.39 is 8.07 Å². The summed E-state index contributed by atoms with van der Waals surface area (Å²) < 4.78 is 7.60. The largest absolute Gasteiger partial charge is 0.395 e. The van der Waals surface area contributed by atoms with Crippen molar-refractivity contribution in [1.82, 2.24) is 9.78 Å². The molecule has 0 saturated heterocycles. The summed E-state index contributed by atoms with van der Waals surface area (Å²) in [6.07, 6.45) is 0. The van der Waals surface area contributed by atoms with Crippen LogP contribution in [-0.2, 0) is 11.5 Å². The number of hydrogen-bond donors (Lipinski definition) is 3. The van der Waals surface area contributed by atoms with Crippen LogP contribution in [0.25, 0.3) is 22.0 Å². The molecule has 0 amide bonds. The fraction of sp³-hybridized carbons (Fsp3) is 0.381. The van der Waals surface area contributed by atoms with E-state index in [9.17, 15) is 0 Å². The molecule has 3 rings (SSSR count). The molecular formula is C21H31ClN4O2Si. The number of halogens is 1. The molecule has 8 heteroatoms. The zero-order chi connectivity index (χ0) is 21.4. The summed E-state index contributed by atoms with van der Waals surface area (Å²) in [5.41, 5.74) is 13.8. The summed E-state index contributed by atoms with van der Waals surface area (Å²) in [5, 5.41) is 13.8. The number of aromatic nitrogens is 2. The lowest BCUT2D eigenvalue weighted by Gasteiger charge is -2.15. The van der Waals surface area contributed by atoms with Gasteiger partial charge in [-0.05, 0) is 23.7 Å². The van der Waals surface area contributed by atoms with E-state index in [-0.39, 0.29) is 6.61 Å². The first kappa shape index (κ1) is 23.4. The lowest BCUT2D eigenvalue weighted by Crippen LogP contribution is -2.22. The maximum absolute atomic E-state index is 7.75. The van der Waals surface area contributed by atoms with Crippen molar-refractivity contribution in [2.45, 2.75) is 32.4 Å². The van der Waals surface area contributed by atoms with Crippen LogP contribution in [0, 0.1) is 0 Å². The molecule has 1 heterocycles. The number of ether oxygens (including phenoxy) is 1. The Labute approximate surface area is 178 Å².